The summed E-state index contributed by atoms with van der Waals surface area (Å²) in [5.74, 6) is 0. The normalized spacial score (nSPS) is 25.2. The number of morpholine rings is 1. The Morgan fingerprint density at radius 3 is 2.88 bits per heavy atom. The van der Waals surface area contributed by atoms with Gasteiger partial charge in [-0.05, 0) is 43.0 Å². The highest BCUT2D eigenvalue weighted by Gasteiger charge is 2.31. The molecule has 5 nitrogen and oxygen atoms in total. The van der Waals surface area contributed by atoms with Gasteiger partial charge < -0.3 is 14.0 Å². The fourth-order valence-electron chi connectivity index (χ4n) is 3.67. The van der Waals surface area contributed by atoms with E-state index in [2.05, 4.69) is 35.0 Å². The molecule has 2 aromatic rings. The molecule has 24 heavy (non-hydrogen) atoms. The summed E-state index contributed by atoms with van der Waals surface area (Å²) in [6, 6.07) is 6.64. The van der Waals surface area contributed by atoms with E-state index < -0.39 is 0 Å². The summed E-state index contributed by atoms with van der Waals surface area (Å²) >= 11 is 0. The molecule has 1 aromatic heterocycles. The summed E-state index contributed by atoms with van der Waals surface area (Å²) in [5, 5.41) is 0. The zero-order valence-electron chi connectivity index (χ0n) is 14.2. The second-order valence-electron chi connectivity index (χ2n) is 6.78. The number of nitrogens with zero attached hydrogens (tertiary/aromatic N) is 3. The molecule has 2 aliphatic rings. The minimum Gasteiger partial charge on any atom is -0.375 e. The molecular weight excluding hydrogens is 302 g/mol. The molecule has 2 aliphatic heterocycles. The molecule has 0 radical (unpaired) electrons. The van der Waals surface area contributed by atoms with E-state index in [-0.39, 0.29) is 12.2 Å². The third-order valence-electron chi connectivity index (χ3n) is 5.08. The topological polar surface area (TPSA) is 39.5 Å². The highest BCUT2D eigenvalue weighted by molar-refractivity contribution is 5.40. The van der Waals surface area contributed by atoms with E-state index in [1.165, 1.54) is 17.5 Å². The summed E-state index contributed by atoms with van der Waals surface area (Å²) in [6.07, 6.45) is 8.44. The van der Waals surface area contributed by atoms with Gasteiger partial charge in [-0.15, -0.1) is 0 Å². The van der Waals surface area contributed by atoms with E-state index in [9.17, 15) is 0 Å². The molecule has 2 atom stereocenters. The van der Waals surface area contributed by atoms with Crippen LogP contribution in [0.4, 0.5) is 0 Å². The molecule has 2 saturated heterocycles. The number of benzene rings is 1. The average molecular weight is 327 g/mol. The predicted molar refractivity (Wildman–Crippen MR) is 92.3 cm³/mol. The van der Waals surface area contributed by atoms with Gasteiger partial charge in [-0.2, -0.15) is 0 Å². The van der Waals surface area contributed by atoms with Gasteiger partial charge in [-0.25, -0.2) is 4.98 Å². The maximum absolute atomic E-state index is 5.95. The van der Waals surface area contributed by atoms with Crippen LogP contribution in [-0.4, -0.2) is 53.0 Å². The number of imidazole rings is 1. The number of hydrogen-bond acceptors (Lipinski definition) is 4. The SMILES string of the molecule is Cc1cc(-n2ccnc2)ccc1CN1CCO[C@@H]([C@H]2CCCO2)C1. The molecule has 2 fully saturated rings. The maximum atomic E-state index is 5.95. The molecule has 0 bridgehead atoms. The van der Waals surface area contributed by atoms with E-state index >= 15 is 0 Å². The van der Waals surface area contributed by atoms with Crippen molar-refractivity contribution in [2.75, 3.05) is 26.3 Å². The van der Waals surface area contributed by atoms with Crippen LogP contribution in [0.25, 0.3) is 5.69 Å². The smallest absolute Gasteiger partial charge is 0.0991 e. The Balaban J connectivity index is 1.43. The number of ether oxygens (including phenoxy) is 2. The Hall–Kier alpha value is -1.69. The van der Waals surface area contributed by atoms with Crippen molar-refractivity contribution in [2.24, 2.45) is 0 Å². The highest BCUT2D eigenvalue weighted by Crippen LogP contribution is 2.23. The van der Waals surface area contributed by atoms with Crippen LogP contribution in [0.3, 0.4) is 0 Å². The van der Waals surface area contributed by atoms with Crippen molar-refractivity contribution in [1.29, 1.82) is 0 Å². The molecule has 0 N–H and O–H groups in total. The van der Waals surface area contributed by atoms with Crippen LogP contribution >= 0.6 is 0 Å². The van der Waals surface area contributed by atoms with Gasteiger partial charge in [0.1, 0.15) is 0 Å². The lowest BCUT2D eigenvalue weighted by Gasteiger charge is -2.35. The standard InChI is InChI=1S/C19H25N3O2/c1-15-11-17(22-7-6-20-14-22)5-4-16(15)12-21-8-10-24-19(13-21)18-3-2-9-23-18/h4-7,11,14,18-19H,2-3,8-10,12-13H2,1H3/t18-,19-/m1/s1. The van der Waals surface area contributed by atoms with Crippen LogP contribution < -0.4 is 0 Å². The van der Waals surface area contributed by atoms with E-state index in [0.717, 1.165) is 45.0 Å². The lowest BCUT2D eigenvalue weighted by molar-refractivity contribution is -0.0960. The molecule has 5 heteroatoms. The Labute approximate surface area is 143 Å². The van der Waals surface area contributed by atoms with Crippen LogP contribution in [0.2, 0.25) is 0 Å². The van der Waals surface area contributed by atoms with E-state index in [0.29, 0.717) is 0 Å². The molecule has 0 saturated carbocycles. The van der Waals surface area contributed by atoms with Gasteiger partial charge in [0.2, 0.25) is 0 Å². The summed E-state index contributed by atoms with van der Waals surface area (Å²) in [4.78, 5) is 6.61. The Morgan fingerprint density at radius 1 is 1.21 bits per heavy atom. The van der Waals surface area contributed by atoms with Crippen LogP contribution in [0.15, 0.2) is 36.9 Å². The highest BCUT2D eigenvalue weighted by atomic mass is 16.5. The van der Waals surface area contributed by atoms with Crippen molar-refractivity contribution in [2.45, 2.75) is 38.5 Å². The Bertz CT molecular complexity index is 665. The van der Waals surface area contributed by atoms with Gasteiger partial charge in [-0.1, -0.05) is 6.07 Å². The first-order valence-electron chi connectivity index (χ1n) is 8.83. The molecule has 0 amide bonds. The van der Waals surface area contributed by atoms with Crippen molar-refractivity contribution in [3.05, 3.63) is 48.0 Å². The molecular formula is C19H25N3O2. The first-order chi connectivity index (χ1) is 11.8. The fourth-order valence-corrected chi connectivity index (χ4v) is 3.67. The van der Waals surface area contributed by atoms with E-state index in [1.54, 1.807) is 0 Å². The van der Waals surface area contributed by atoms with Gasteiger partial charge >= 0.3 is 0 Å². The molecule has 0 aliphatic carbocycles. The first-order valence-corrected chi connectivity index (χ1v) is 8.83. The minimum absolute atomic E-state index is 0.228. The molecule has 0 spiro atoms. The predicted octanol–water partition coefficient (Wildman–Crippen LogP) is 2.56. The van der Waals surface area contributed by atoms with Crippen molar-refractivity contribution >= 4 is 0 Å². The summed E-state index contributed by atoms with van der Waals surface area (Å²) in [7, 11) is 0. The second-order valence-corrected chi connectivity index (χ2v) is 6.78. The number of rotatable bonds is 4. The molecule has 4 rings (SSSR count). The summed E-state index contributed by atoms with van der Waals surface area (Å²) < 4.78 is 13.8. The largest absolute Gasteiger partial charge is 0.375 e. The molecule has 3 heterocycles. The molecule has 0 unspecified atom stereocenters. The van der Waals surface area contributed by atoms with Crippen molar-refractivity contribution in [3.8, 4) is 5.69 Å². The zero-order chi connectivity index (χ0) is 16.4. The Kier molecular flexibility index (Phi) is 4.65. The van der Waals surface area contributed by atoms with Crippen LogP contribution in [-0.2, 0) is 16.0 Å². The van der Waals surface area contributed by atoms with Crippen LogP contribution in [0.1, 0.15) is 24.0 Å². The summed E-state index contributed by atoms with van der Waals surface area (Å²) in [5.41, 5.74) is 3.86. The number of aromatic nitrogens is 2. The van der Waals surface area contributed by atoms with Gasteiger partial charge in [0.15, 0.2) is 0 Å². The average Bonchev–Trinajstić information content (AvgIpc) is 3.31. The third-order valence-corrected chi connectivity index (χ3v) is 5.08. The molecule has 128 valence electrons. The van der Waals surface area contributed by atoms with Crippen LogP contribution in [0.5, 0.6) is 0 Å². The lowest BCUT2D eigenvalue weighted by Crippen LogP contribution is -2.47. The van der Waals surface area contributed by atoms with Crippen molar-refractivity contribution in [3.63, 3.8) is 0 Å². The molecule has 1 aromatic carbocycles. The van der Waals surface area contributed by atoms with E-state index in [4.69, 9.17) is 9.47 Å². The van der Waals surface area contributed by atoms with Crippen molar-refractivity contribution < 1.29 is 9.47 Å². The van der Waals surface area contributed by atoms with Gasteiger partial charge in [0, 0.05) is 44.3 Å². The minimum atomic E-state index is 0.228. The monoisotopic (exact) mass is 327 g/mol. The second kappa shape index (κ2) is 7.05. The fraction of sp³-hybridized carbons (Fsp3) is 0.526. The first kappa shape index (κ1) is 15.8. The third kappa shape index (κ3) is 3.38. The van der Waals surface area contributed by atoms with Gasteiger partial charge in [-0.3, -0.25) is 4.90 Å². The van der Waals surface area contributed by atoms with Crippen molar-refractivity contribution in [1.82, 2.24) is 14.5 Å². The van der Waals surface area contributed by atoms with E-state index in [1.807, 2.05) is 23.3 Å². The summed E-state index contributed by atoms with van der Waals surface area (Å²) in [6.45, 7) is 6.81. The number of aryl methyl sites for hydroxylation is 1. The maximum Gasteiger partial charge on any atom is 0.0991 e. The van der Waals surface area contributed by atoms with Gasteiger partial charge in [0.05, 0.1) is 25.1 Å². The van der Waals surface area contributed by atoms with Crippen LogP contribution in [0, 0.1) is 6.92 Å². The Morgan fingerprint density at radius 2 is 2.12 bits per heavy atom. The zero-order valence-corrected chi connectivity index (χ0v) is 14.2. The van der Waals surface area contributed by atoms with Gasteiger partial charge in [0.25, 0.3) is 0 Å². The number of hydrogen-bond donors (Lipinski definition) is 0. The lowest BCUT2D eigenvalue weighted by atomic mass is 10.1. The quantitative estimate of drug-likeness (QED) is 0.865.